The van der Waals surface area contributed by atoms with E-state index >= 15 is 0 Å². The number of hydrogen-bond donors (Lipinski definition) is 5. The smallest absolute Gasteiger partial charge is 0.255 e. The SMILES string of the molecule is O=C1C[C@@H](C(=O)NCCOc2ccc(Cl)cc2)NC(=O)c2ccccc2OC[C@@H](Cc2ccccc2)NC(=O)[C@H](CO)N1. The molecule has 0 saturated heterocycles. The Hall–Kier alpha value is -4.61. The van der Waals surface area contributed by atoms with E-state index in [4.69, 9.17) is 21.1 Å². The van der Waals surface area contributed by atoms with E-state index in [0.29, 0.717) is 17.2 Å². The monoisotopic (exact) mass is 608 g/mol. The zero-order valence-electron chi connectivity index (χ0n) is 23.3. The van der Waals surface area contributed by atoms with Gasteiger partial charge in [0.15, 0.2) is 0 Å². The molecule has 1 aliphatic rings. The third-order valence-electron chi connectivity index (χ3n) is 6.57. The minimum Gasteiger partial charge on any atom is -0.492 e. The van der Waals surface area contributed by atoms with Crippen molar-refractivity contribution >= 4 is 35.2 Å². The lowest BCUT2D eigenvalue weighted by Crippen LogP contribution is -2.55. The van der Waals surface area contributed by atoms with Crippen LogP contribution in [0, 0.1) is 0 Å². The number of nitrogens with one attached hydrogen (secondary N) is 4. The third kappa shape index (κ3) is 9.45. The molecule has 0 aliphatic carbocycles. The van der Waals surface area contributed by atoms with E-state index in [0.717, 1.165) is 5.56 Å². The first-order valence-corrected chi connectivity index (χ1v) is 14.1. The number of halogens is 1. The van der Waals surface area contributed by atoms with Gasteiger partial charge >= 0.3 is 0 Å². The quantitative estimate of drug-likeness (QED) is 0.243. The van der Waals surface area contributed by atoms with E-state index in [1.807, 2.05) is 30.3 Å². The maximum atomic E-state index is 13.3. The predicted octanol–water partition coefficient (Wildman–Crippen LogP) is 1.62. The van der Waals surface area contributed by atoms with Gasteiger partial charge < -0.3 is 35.8 Å². The van der Waals surface area contributed by atoms with E-state index in [1.54, 1.807) is 42.5 Å². The maximum Gasteiger partial charge on any atom is 0.255 e. The minimum absolute atomic E-state index is 0.00540. The van der Waals surface area contributed by atoms with Crippen LogP contribution in [0.1, 0.15) is 22.3 Å². The van der Waals surface area contributed by atoms with Crippen LogP contribution in [0.25, 0.3) is 0 Å². The summed E-state index contributed by atoms with van der Waals surface area (Å²) in [4.78, 5) is 52.5. The normalized spacial score (nSPS) is 19.4. The molecule has 3 aromatic carbocycles. The molecule has 4 rings (SSSR count). The molecule has 1 heterocycles. The molecule has 226 valence electrons. The van der Waals surface area contributed by atoms with Crippen molar-refractivity contribution in [3.63, 3.8) is 0 Å². The Labute approximate surface area is 253 Å². The molecule has 12 heteroatoms. The zero-order valence-corrected chi connectivity index (χ0v) is 24.0. The Morgan fingerprint density at radius 2 is 1.67 bits per heavy atom. The van der Waals surface area contributed by atoms with Gasteiger partial charge in [0.25, 0.3) is 5.91 Å². The highest BCUT2D eigenvalue weighted by Crippen LogP contribution is 2.19. The van der Waals surface area contributed by atoms with Crippen LogP contribution in [0.3, 0.4) is 0 Å². The molecular weight excluding hydrogens is 576 g/mol. The van der Waals surface area contributed by atoms with E-state index in [-0.39, 0.29) is 31.1 Å². The van der Waals surface area contributed by atoms with Crippen molar-refractivity contribution in [1.29, 1.82) is 0 Å². The predicted molar refractivity (Wildman–Crippen MR) is 159 cm³/mol. The van der Waals surface area contributed by atoms with Gasteiger partial charge in [-0.25, -0.2) is 0 Å². The standard InChI is InChI=1S/C31H33ClN4O7/c32-21-10-12-23(13-11-21)42-15-14-33-30(40)25-17-28(38)35-26(18-37)31(41)34-22(16-20-6-2-1-3-7-20)19-43-27-9-5-4-8-24(27)29(39)36-25/h1-13,22,25-26,37H,14-19H2,(H,33,40)(H,34,41)(H,35,38)(H,36,39)/t22-,25+,26+/m1/s1. The molecule has 0 saturated carbocycles. The van der Waals surface area contributed by atoms with Gasteiger partial charge in [0, 0.05) is 5.02 Å². The van der Waals surface area contributed by atoms with Gasteiger partial charge in [-0.1, -0.05) is 54.1 Å². The molecule has 11 nitrogen and oxygen atoms in total. The van der Waals surface area contributed by atoms with Crippen LogP contribution in [0.4, 0.5) is 0 Å². The molecular formula is C31H33ClN4O7. The number of aliphatic hydroxyl groups excluding tert-OH is 1. The first kappa shape index (κ1) is 31.3. The number of carbonyl (C=O) groups is 4. The molecule has 1 aliphatic heterocycles. The highest BCUT2D eigenvalue weighted by atomic mass is 35.5. The number of amides is 4. The summed E-state index contributed by atoms with van der Waals surface area (Å²) in [7, 11) is 0. The first-order valence-electron chi connectivity index (χ1n) is 13.8. The van der Waals surface area contributed by atoms with Crippen molar-refractivity contribution in [2.75, 3.05) is 26.4 Å². The van der Waals surface area contributed by atoms with E-state index < -0.39 is 54.8 Å². The lowest BCUT2D eigenvalue weighted by molar-refractivity contribution is -0.132. The number of carbonyl (C=O) groups excluding carboxylic acids is 4. The van der Waals surface area contributed by atoms with Gasteiger partial charge in [-0.2, -0.15) is 0 Å². The van der Waals surface area contributed by atoms with Crippen LogP contribution in [-0.2, 0) is 20.8 Å². The highest BCUT2D eigenvalue weighted by Gasteiger charge is 2.29. The molecule has 3 aromatic rings. The Morgan fingerprint density at radius 3 is 2.42 bits per heavy atom. The summed E-state index contributed by atoms with van der Waals surface area (Å²) >= 11 is 5.88. The largest absolute Gasteiger partial charge is 0.492 e. The summed E-state index contributed by atoms with van der Waals surface area (Å²) in [5, 5.41) is 21.0. The van der Waals surface area contributed by atoms with Crippen molar-refractivity contribution in [2.24, 2.45) is 0 Å². The van der Waals surface area contributed by atoms with Crippen molar-refractivity contribution in [2.45, 2.75) is 31.0 Å². The van der Waals surface area contributed by atoms with E-state index in [9.17, 15) is 24.3 Å². The average molecular weight is 609 g/mol. The molecule has 3 atom stereocenters. The fourth-order valence-electron chi connectivity index (χ4n) is 4.40. The van der Waals surface area contributed by atoms with E-state index in [2.05, 4.69) is 21.3 Å². The average Bonchev–Trinajstić information content (AvgIpc) is 3.01. The second kappa shape index (κ2) is 15.6. The van der Waals surface area contributed by atoms with Gasteiger partial charge in [-0.3, -0.25) is 19.2 Å². The van der Waals surface area contributed by atoms with E-state index in [1.165, 1.54) is 6.07 Å². The summed E-state index contributed by atoms with van der Waals surface area (Å²) in [6, 6.07) is 19.5. The summed E-state index contributed by atoms with van der Waals surface area (Å²) in [5.41, 5.74) is 1.09. The van der Waals surface area contributed by atoms with Crippen molar-refractivity contribution in [3.05, 3.63) is 95.0 Å². The van der Waals surface area contributed by atoms with Crippen LogP contribution in [0.5, 0.6) is 11.5 Å². The Kier molecular flexibility index (Phi) is 11.3. The van der Waals surface area contributed by atoms with Crippen LogP contribution < -0.4 is 30.7 Å². The second-order valence-corrected chi connectivity index (χ2v) is 10.3. The van der Waals surface area contributed by atoms with Crippen molar-refractivity contribution in [1.82, 2.24) is 21.3 Å². The Morgan fingerprint density at radius 1 is 0.953 bits per heavy atom. The highest BCUT2D eigenvalue weighted by molar-refractivity contribution is 6.30. The Balaban J connectivity index is 1.50. The van der Waals surface area contributed by atoms with Gasteiger partial charge in [-0.15, -0.1) is 0 Å². The maximum absolute atomic E-state index is 13.3. The summed E-state index contributed by atoms with van der Waals surface area (Å²) in [6.07, 6.45) is -0.0904. The number of aliphatic hydroxyl groups is 1. The van der Waals surface area contributed by atoms with Crippen LogP contribution in [0.15, 0.2) is 78.9 Å². The lowest BCUT2D eigenvalue weighted by Gasteiger charge is -2.25. The number of hydrogen-bond acceptors (Lipinski definition) is 7. The second-order valence-electron chi connectivity index (χ2n) is 9.83. The number of rotatable bonds is 8. The van der Waals surface area contributed by atoms with Crippen molar-refractivity contribution in [3.8, 4) is 11.5 Å². The molecule has 0 bridgehead atoms. The number of ether oxygens (including phenoxy) is 2. The molecule has 0 unspecified atom stereocenters. The van der Waals surface area contributed by atoms with Crippen LogP contribution >= 0.6 is 11.6 Å². The third-order valence-corrected chi connectivity index (χ3v) is 6.82. The molecule has 5 N–H and O–H groups in total. The minimum atomic E-state index is -1.30. The fraction of sp³-hybridized carbons (Fsp3) is 0.290. The molecule has 0 radical (unpaired) electrons. The van der Waals surface area contributed by atoms with Crippen LogP contribution in [0.2, 0.25) is 5.02 Å². The van der Waals surface area contributed by atoms with Gasteiger partial charge in [0.05, 0.1) is 31.2 Å². The fourth-order valence-corrected chi connectivity index (χ4v) is 4.52. The summed E-state index contributed by atoms with van der Waals surface area (Å²) in [6.45, 7) is -0.480. The number of para-hydroxylation sites is 1. The van der Waals surface area contributed by atoms with Crippen molar-refractivity contribution < 1.29 is 33.8 Å². The van der Waals surface area contributed by atoms with Gasteiger partial charge in [-0.05, 0) is 48.4 Å². The number of fused-ring (bicyclic) bond motifs is 1. The first-order chi connectivity index (χ1) is 20.8. The topological polar surface area (TPSA) is 155 Å². The van der Waals surface area contributed by atoms with Gasteiger partial charge in [0.1, 0.15) is 36.8 Å². The molecule has 43 heavy (non-hydrogen) atoms. The lowest BCUT2D eigenvalue weighted by atomic mass is 10.1. The summed E-state index contributed by atoms with van der Waals surface area (Å²) < 4.78 is 11.6. The van der Waals surface area contributed by atoms with Gasteiger partial charge in [0.2, 0.25) is 17.7 Å². The molecule has 4 amide bonds. The molecule has 0 fully saturated rings. The number of benzene rings is 3. The summed E-state index contributed by atoms with van der Waals surface area (Å²) in [5.74, 6) is -1.80. The zero-order chi connectivity index (χ0) is 30.6. The van der Waals surface area contributed by atoms with Crippen LogP contribution in [-0.4, -0.2) is 73.2 Å². The Bertz CT molecular complexity index is 1400. The molecule has 0 spiro atoms. The molecule has 0 aromatic heterocycles.